The Hall–Kier alpha value is -3.36. The largest absolute Gasteiger partial charge is 0.390 e. The predicted octanol–water partition coefficient (Wildman–Crippen LogP) is 3.25. The molecule has 0 bridgehead atoms. The summed E-state index contributed by atoms with van der Waals surface area (Å²) in [6.45, 7) is 1.36. The van der Waals surface area contributed by atoms with Crippen molar-refractivity contribution in [3.05, 3.63) is 60.9 Å². The Labute approximate surface area is 180 Å². The van der Waals surface area contributed by atoms with Gasteiger partial charge in [0, 0.05) is 67.3 Å². The van der Waals surface area contributed by atoms with Crippen molar-refractivity contribution >= 4 is 0 Å². The number of aryl methyl sites for hydroxylation is 1. The van der Waals surface area contributed by atoms with Crippen LogP contribution in [0, 0.1) is 0 Å². The van der Waals surface area contributed by atoms with Crippen LogP contribution in [-0.4, -0.2) is 47.8 Å². The van der Waals surface area contributed by atoms with Gasteiger partial charge < -0.3 is 9.84 Å². The summed E-state index contributed by atoms with van der Waals surface area (Å²) in [5.74, 6) is 0.650. The van der Waals surface area contributed by atoms with Crippen LogP contribution in [0.25, 0.3) is 33.6 Å². The fraction of sp³-hybridized carbons (Fsp3) is 0.304. The van der Waals surface area contributed by atoms with E-state index in [1.807, 2.05) is 48.5 Å². The van der Waals surface area contributed by atoms with E-state index in [4.69, 9.17) is 4.74 Å². The number of hydrogen-bond acceptors (Lipinski definition) is 6. The number of rotatable bonds is 5. The third-order valence-corrected chi connectivity index (χ3v) is 5.64. The molecule has 0 amide bonds. The van der Waals surface area contributed by atoms with E-state index in [0.717, 1.165) is 53.9 Å². The number of aliphatic hydroxyl groups excluding tert-OH is 1. The monoisotopic (exact) mass is 416 g/mol. The van der Waals surface area contributed by atoms with Gasteiger partial charge in [-0.15, -0.1) is 0 Å². The maximum Gasteiger partial charge on any atom is 0.159 e. The first-order chi connectivity index (χ1) is 15.2. The second kappa shape index (κ2) is 8.41. The average molecular weight is 416 g/mol. The van der Waals surface area contributed by atoms with E-state index in [-0.39, 0.29) is 6.61 Å². The molecule has 1 aliphatic rings. The van der Waals surface area contributed by atoms with Crippen molar-refractivity contribution in [2.75, 3.05) is 13.2 Å². The van der Waals surface area contributed by atoms with Gasteiger partial charge in [0.25, 0.3) is 0 Å². The molecule has 0 spiro atoms. The zero-order valence-electron chi connectivity index (χ0n) is 17.3. The van der Waals surface area contributed by atoms with Gasteiger partial charge in [0.15, 0.2) is 5.82 Å². The molecule has 1 aliphatic heterocycles. The van der Waals surface area contributed by atoms with Crippen molar-refractivity contribution in [3.8, 4) is 33.6 Å². The first-order valence-electron chi connectivity index (χ1n) is 10.4. The van der Waals surface area contributed by atoms with Gasteiger partial charge in [0.1, 0.15) is 0 Å². The molecule has 3 aromatic heterocycles. The molecule has 0 radical (unpaired) electrons. The summed E-state index contributed by atoms with van der Waals surface area (Å²) in [6, 6.07) is 8.40. The smallest absolute Gasteiger partial charge is 0.159 e. The first kappa shape index (κ1) is 19.6. The summed E-state index contributed by atoms with van der Waals surface area (Å²) < 4.78 is 9.18. The highest BCUT2D eigenvalue weighted by molar-refractivity contribution is 5.70. The van der Waals surface area contributed by atoms with Gasteiger partial charge in [0.05, 0.1) is 24.5 Å². The normalized spacial score (nSPS) is 14.8. The van der Waals surface area contributed by atoms with Crippen LogP contribution in [0.15, 0.2) is 55.2 Å². The molecule has 1 fully saturated rings. The van der Waals surface area contributed by atoms with E-state index >= 15 is 0 Å². The molecule has 4 aromatic rings. The molecule has 158 valence electrons. The Kier molecular flexibility index (Phi) is 5.31. The number of ether oxygens (including phenoxy) is 1. The van der Waals surface area contributed by atoms with Crippen molar-refractivity contribution in [1.82, 2.24) is 29.5 Å². The minimum atomic E-state index is -0.125. The Morgan fingerprint density at radius 2 is 1.77 bits per heavy atom. The average Bonchev–Trinajstić information content (AvgIpc) is 3.46. The fourth-order valence-corrected chi connectivity index (χ4v) is 3.95. The lowest BCUT2D eigenvalue weighted by Crippen LogP contribution is -2.20. The van der Waals surface area contributed by atoms with Gasteiger partial charge in [-0.05, 0) is 24.5 Å². The highest BCUT2D eigenvalue weighted by atomic mass is 16.5. The molecule has 1 N–H and O–H groups in total. The third kappa shape index (κ3) is 3.99. The topological polar surface area (TPSA) is 90.9 Å². The summed E-state index contributed by atoms with van der Waals surface area (Å²) in [5, 5.41) is 18.7. The van der Waals surface area contributed by atoms with Gasteiger partial charge in [-0.3, -0.25) is 9.36 Å². The molecule has 1 saturated heterocycles. The molecule has 0 aliphatic carbocycles. The quantitative estimate of drug-likeness (QED) is 0.537. The highest BCUT2D eigenvalue weighted by Crippen LogP contribution is 2.29. The predicted molar refractivity (Wildman–Crippen MR) is 116 cm³/mol. The van der Waals surface area contributed by atoms with Gasteiger partial charge in [0.2, 0.25) is 0 Å². The molecule has 5 rings (SSSR count). The highest BCUT2D eigenvalue weighted by Gasteiger charge is 2.20. The van der Waals surface area contributed by atoms with Gasteiger partial charge in [-0.25, -0.2) is 9.97 Å². The molecule has 0 saturated carbocycles. The van der Waals surface area contributed by atoms with E-state index < -0.39 is 0 Å². The lowest BCUT2D eigenvalue weighted by molar-refractivity contribution is 0.0660. The molecule has 1 aromatic carbocycles. The Morgan fingerprint density at radius 3 is 2.48 bits per heavy atom. The lowest BCUT2D eigenvalue weighted by atomic mass is 10.1. The number of hydrogen-bond donors (Lipinski definition) is 1. The summed E-state index contributed by atoms with van der Waals surface area (Å²) >= 11 is 0. The fourth-order valence-electron chi connectivity index (χ4n) is 3.95. The number of benzene rings is 1. The van der Waals surface area contributed by atoms with Crippen molar-refractivity contribution in [1.29, 1.82) is 0 Å². The van der Waals surface area contributed by atoms with Crippen molar-refractivity contribution in [2.24, 2.45) is 7.05 Å². The minimum absolute atomic E-state index is 0.125. The van der Waals surface area contributed by atoms with Crippen LogP contribution in [0.2, 0.25) is 0 Å². The van der Waals surface area contributed by atoms with Crippen molar-refractivity contribution in [2.45, 2.75) is 25.5 Å². The Bertz CT molecular complexity index is 1180. The molecule has 0 unspecified atom stereocenters. The zero-order valence-corrected chi connectivity index (χ0v) is 17.3. The van der Waals surface area contributed by atoms with Gasteiger partial charge >= 0.3 is 0 Å². The second-order valence-electron chi connectivity index (χ2n) is 7.75. The molecular weight excluding hydrogens is 392 g/mol. The van der Waals surface area contributed by atoms with Crippen LogP contribution in [0.4, 0.5) is 0 Å². The summed E-state index contributed by atoms with van der Waals surface area (Å²) in [7, 11) is 1.90. The molecule has 31 heavy (non-hydrogen) atoms. The van der Waals surface area contributed by atoms with E-state index in [2.05, 4.69) is 26.2 Å². The Morgan fingerprint density at radius 1 is 1.00 bits per heavy atom. The molecule has 0 atom stereocenters. The first-order valence-corrected chi connectivity index (χ1v) is 10.4. The minimum Gasteiger partial charge on any atom is -0.390 e. The van der Waals surface area contributed by atoms with Gasteiger partial charge in [-0.1, -0.05) is 18.2 Å². The number of nitrogens with zero attached hydrogens (tertiary/aromatic N) is 6. The number of aromatic nitrogens is 6. The molecule has 8 heteroatoms. The zero-order chi connectivity index (χ0) is 21.2. The van der Waals surface area contributed by atoms with Crippen LogP contribution in [-0.2, 0) is 18.4 Å². The SMILES string of the molecule is Cn1cc(-c2cccc(-c3ncc(-c4cn(C5CCOCC5)nc4CO)cn3)c2)cn1. The lowest BCUT2D eigenvalue weighted by Gasteiger charge is -2.22. The molecular formula is C23H24N6O2. The van der Waals surface area contributed by atoms with Gasteiger partial charge in [-0.2, -0.15) is 10.2 Å². The standard InChI is InChI=1S/C23H24N6O2/c1-28-13-19(12-26-28)16-3-2-4-17(9-16)23-24-10-18(11-25-23)21-14-29(27-22(21)15-30)20-5-7-31-8-6-20/h2-4,9-14,20,30H,5-8,15H2,1H3. The molecule has 8 nitrogen and oxygen atoms in total. The summed E-state index contributed by atoms with van der Waals surface area (Å²) in [4.78, 5) is 9.18. The third-order valence-electron chi connectivity index (χ3n) is 5.64. The van der Waals surface area contributed by atoms with Crippen molar-refractivity contribution < 1.29 is 9.84 Å². The summed E-state index contributed by atoms with van der Waals surface area (Å²) in [5.41, 5.74) is 5.40. The van der Waals surface area contributed by atoms with Crippen LogP contribution in [0.1, 0.15) is 24.6 Å². The van der Waals surface area contributed by atoms with E-state index in [9.17, 15) is 5.11 Å². The van der Waals surface area contributed by atoms with Crippen molar-refractivity contribution in [3.63, 3.8) is 0 Å². The van der Waals surface area contributed by atoms with Crippen LogP contribution in [0.5, 0.6) is 0 Å². The molecule has 4 heterocycles. The maximum atomic E-state index is 9.82. The maximum absolute atomic E-state index is 9.82. The van der Waals surface area contributed by atoms with Crippen LogP contribution in [0.3, 0.4) is 0 Å². The van der Waals surface area contributed by atoms with E-state index in [0.29, 0.717) is 17.6 Å². The van der Waals surface area contributed by atoms with E-state index in [1.165, 1.54) is 0 Å². The number of aliphatic hydroxyl groups is 1. The summed E-state index contributed by atoms with van der Waals surface area (Å²) in [6.07, 6.45) is 11.3. The van der Waals surface area contributed by atoms with Crippen LogP contribution < -0.4 is 0 Å². The Balaban J connectivity index is 1.42. The van der Waals surface area contributed by atoms with Crippen LogP contribution >= 0.6 is 0 Å². The second-order valence-corrected chi connectivity index (χ2v) is 7.75. The van der Waals surface area contributed by atoms with E-state index in [1.54, 1.807) is 17.1 Å².